The fourth-order valence-corrected chi connectivity index (χ4v) is 14.6. The molecule has 5 aromatic carbocycles. The largest absolute Gasteiger partial charge is 0.508 e. The molecule has 0 aliphatic carbocycles. The third-order valence-corrected chi connectivity index (χ3v) is 20.3. The van der Waals surface area contributed by atoms with Crippen LogP contribution in [-0.4, -0.2) is 195 Å². The maximum atomic E-state index is 16.2. The van der Waals surface area contributed by atoms with Gasteiger partial charge in [0.15, 0.2) is 35.1 Å². The molecule has 23 N–H and O–H groups in total. The number of aliphatic carboxylic acids is 1. The number of H-pyrrole nitrogens is 1. The minimum atomic E-state index is -2.37. The number of hydrogen-bond donors (Lipinski definition) is 20. The molecular formula is C70H78Cl2N12O24S. The number of nitrogens with two attached hydrogens (primary N) is 3. The second-order valence-electron chi connectivity index (χ2n) is 27.3. The van der Waals surface area contributed by atoms with E-state index in [0.29, 0.717) is 0 Å². The summed E-state index contributed by atoms with van der Waals surface area (Å²) in [5.41, 5.74) is 13.3. The van der Waals surface area contributed by atoms with Gasteiger partial charge in [-0.25, -0.2) is 9.78 Å². The zero-order valence-corrected chi connectivity index (χ0v) is 60.6. The Morgan fingerprint density at radius 2 is 1.36 bits per heavy atom. The standard InChI is InChI=1S/C70H78Cl2N12O24S/c1-24(2)12-35(76-5)61(95)83-52-54(90)27-7-10-39(33(71)14-27)104-41-16-29-17-42(58(41)108-68-59(107-47-22-70(4,75)60(94)25(3)103-47)57(93)56(92)43(106-68)23-109-69-78-44(73)21-46(89)79-69)105-40-11-8-28(15-34(40)72)55(91)53-66(100)82-51(67(101)102)32-18-30(85)19-38(87)48(32)31-13-26(6-9-37(31)86)49(63(97)84-53)81-64(98)50(29)80-62(96)36(20-45(74)88)77-65(52)99/h6-11,13-19,21,24-25,35-36,43,47,49-57,59-60,68,76,85-87,90-94H,12,20,22-23,75H2,1-5H3,(H2,74,88)(H,77,99)(H,80,96)(H,81,98)(H,82,100)(H,83,95)(H,84,97)(H,101,102)(H3,73,78,79,89)/t25?,35-,36+,43?,47?,49-,50-,51-,52-,53+,54-,55-,56?,57?,59?,60?,68?,70?/m1/s1. The molecule has 18 atom stereocenters. The van der Waals surface area contributed by atoms with E-state index in [1.54, 1.807) is 0 Å². The maximum absolute atomic E-state index is 16.2. The number of nitrogens with zero attached hydrogens (tertiary/aromatic N) is 1. The van der Waals surface area contributed by atoms with Gasteiger partial charge in [0.2, 0.25) is 53.4 Å². The monoisotopic (exact) mass is 1570 g/mol. The molecule has 7 amide bonds. The molecule has 582 valence electrons. The number of rotatable bonds is 15. The van der Waals surface area contributed by atoms with Crippen molar-refractivity contribution in [3.63, 3.8) is 0 Å². The highest BCUT2D eigenvalue weighted by Crippen LogP contribution is 2.50. The van der Waals surface area contributed by atoms with E-state index in [9.17, 15) is 74.7 Å². The Hall–Kier alpha value is -10.1. The molecule has 8 heterocycles. The number of anilines is 1. The molecule has 6 aromatic rings. The quantitative estimate of drug-likeness (QED) is 0.0494. The number of likely N-dealkylation sites (N-methyl/N-ethyl adjacent to an activating group) is 1. The highest BCUT2D eigenvalue weighted by Gasteiger charge is 2.52. The molecule has 2 fully saturated rings. The highest BCUT2D eigenvalue weighted by atomic mass is 35.5. The van der Waals surface area contributed by atoms with Gasteiger partial charge in [-0.15, -0.1) is 0 Å². The molecule has 7 aliphatic heterocycles. The number of fused-ring (bicyclic) bond motifs is 15. The van der Waals surface area contributed by atoms with Crippen LogP contribution < -0.4 is 74.2 Å². The van der Waals surface area contributed by atoms with Crippen molar-refractivity contribution in [2.24, 2.45) is 17.4 Å². The van der Waals surface area contributed by atoms with E-state index in [0.717, 1.165) is 84.6 Å². The van der Waals surface area contributed by atoms with Crippen molar-refractivity contribution in [2.75, 3.05) is 18.5 Å². The summed E-state index contributed by atoms with van der Waals surface area (Å²) in [5.74, 6) is -16.7. The summed E-state index contributed by atoms with van der Waals surface area (Å²) in [6.07, 6.45) is -18.7. The average molecular weight is 1570 g/mol. The van der Waals surface area contributed by atoms with Crippen molar-refractivity contribution in [1.29, 1.82) is 0 Å². The van der Waals surface area contributed by atoms with Crippen LogP contribution in [0.2, 0.25) is 10.0 Å². The molecule has 7 aliphatic rings. The van der Waals surface area contributed by atoms with E-state index in [-0.39, 0.29) is 62.9 Å². The number of phenolic OH excluding ortho intramolecular Hbond substituents is 3. The van der Waals surface area contributed by atoms with E-state index in [4.69, 9.17) is 68.8 Å². The van der Waals surface area contributed by atoms with Crippen LogP contribution in [0.4, 0.5) is 5.82 Å². The van der Waals surface area contributed by atoms with Crippen LogP contribution in [0.1, 0.15) is 105 Å². The van der Waals surface area contributed by atoms with Gasteiger partial charge in [-0.1, -0.05) is 67.0 Å². The maximum Gasteiger partial charge on any atom is 0.330 e. The number of primary amides is 1. The first kappa shape index (κ1) is 79.9. The number of thioether (sulfide) groups is 1. The van der Waals surface area contributed by atoms with E-state index >= 15 is 14.4 Å². The molecule has 0 spiro atoms. The van der Waals surface area contributed by atoms with Gasteiger partial charge in [-0.3, -0.25) is 38.4 Å². The predicted molar refractivity (Wildman–Crippen MR) is 382 cm³/mol. The van der Waals surface area contributed by atoms with Crippen molar-refractivity contribution < 1.29 is 113 Å². The summed E-state index contributed by atoms with van der Waals surface area (Å²) in [4.78, 5) is 137. The van der Waals surface area contributed by atoms with Crippen molar-refractivity contribution in [3.8, 4) is 57.1 Å². The number of carboxylic acid groups (broad SMARTS) is 1. The number of benzene rings is 5. The zero-order valence-electron chi connectivity index (χ0n) is 58.3. The molecule has 2 saturated heterocycles. The first-order chi connectivity index (χ1) is 51.5. The Morgan fingerprint density at radius 3 is 1.96 bits per heavy atom. The van der Waals surface area contributed by atoms with Crippen LogP contribution in [-0.2, 0) is 52.6 Å². The van der Waals surface area contributed by atoms with Gasteiger partial charge < -0.3 is 134 Å². The van der Waals surface area contributed by atoms with Crippen molar-refractivity contribution in [1.82, 2.24) is 47.2 Å². The third kappa shape index (κ3) is 17.5. The van der Waals surface area contributed by atoms with Crippen molar-refractivity contribution in [2.45, 2.75) is 161 Å². The van der Waals surface area contributed by atoms with Gasteiger partial charge in [0.05, 0.1) is 40.8 Å². The fraction of sp³-hybridized carbons (Fsp3) is 0.400. The Balaban J connectivity index is 1.17. The molecule has 11 bridgehead atoms. The zero-order chi connectivity index (χ0) is 79.1. The number of carboxylic acids is 1. The number of nitrogens with one attached hydrogen (secondary N) is 8. The molecule has 39 heteroatoms. The Bertz CT molecular complexity index is 4640. The molecule has 13 rings (SSSR count). The summed E-state index contributed by atoms with van der Waals surface area (Å²) in [6, 6.07) is 0.183. The molecule has 1 aromatic heterocycles. The number of aromatic amines is 1. The predicted octanol–water partition coefficient (Wildman–Crippen LogP) is 0.572. The number of aromatic nitrogens is 2. The smallest absolute Gasteiger partial charge is 0.330 e. The van der Waals surface area contributed by atoms with E-state index < -0.39 is 236 Å². The van der Waals surface area contributed by atoms with Gasteiger partial charge in [0, 0.05) is 46.5 Å². The van der Waals surface area contributed by atoms with Crippen LogP contribution in [0.25, 0.3) is 11.1 Å². The van der Waals surface area contributed by atoms with Gasteiger partial charge in [-0.2, -0.15) is 0 Å². The number of carbonyl (C=O) groups is 8. The van der Waals surface area contributed by atoms with Crippen LogP contribution in [0.5, 0.6) is 46.0 Å². The van der Waals surface area contributed by atoms with Gasteiger partial charge >= 0.3 is 5.97 Å². The van der Waals surface area contributed by atoms with Crippen LogP contribution in [0.15, 0.2) is 94.9 Å². The van der Waals surface area contributed by atoms with Crippen molar-refractivity contribution in [3.05, 3.63) is 133 Å². The fourth-order valence-electron chi connectivity index (χ4n) is 13.2. The number of halogens is 2. The number of carbonyl (C=O) groups excluding carboxylic acids is 7. The normalized spacial score (nSPS) is 28.1. The Morgan fingerprint density at radius 1 is 0.734 bits per heavy atom. The summed E-state index contributed by atoms with van der Waals surface area (Å²) in [7, 11) is 1.47. The lowest BCUT2D eigenvalue weighted by Gasteiger charge is -2.47. The summed E-state index contributed by atoms with van der Waals surface area (Å²) < 4.78 is 39.3. The van der Waals surface area contributed by atoms with E-state index in [1.807, 2.05) is 13.8 Å². The number of nitrogen functional groups attached to an aromatic ring is 1. The lowest BCUT2D eigenvalue weighted by atomic mass is 9.86. The van der Waals surface area contributed by atoms with Gasteiger partial charge in [-0.05, 0) is 110 Å². The lowest BCUT2D eigenvalue weighted by molar-refractivity contribution is -0.329. The summed E-state index contributed by atoms with van der Waals surface area (Å²) in [5, 5.41) is 122. The number of phenols is 3. The first-order valence-electron chi connectivity index (χ1n) is 33.8. The second-order valence-corrected chi connectivity index (χ2v) is 29.1. The number of hydrogen-bond acceptors (Lipinski definition) is 28. The van der Waals surface area contributed by atoms with Crippen LogP contribution in [0, 0.1) is 5.92 Å². The van der Waals surface area contributed by atoms with Gasteiger partial charge in [0.1, 0.15) is 89.2 Å². The number of aromatic hydroxyl groups is 3. The SMILES string of the molecule is CN[C@H](CC(C)C)C(=O)N[C@H]1C(=O)N[C@@H](CC(N)=O)C(=O)N[C@H]2C(=O)N[C@H]3C(=O)N[C@H](C(=O)N[C@@H](C(=O)O)c4cc(O)cc(O)c4-c4cc3ccc4O)[C@H](O)c3ccc(c(Cl)c3)Oc3cc2cc(c3OC2OC(CSc3nc(N)cc(=O)[nH]3)C(O)C(O)C2OC2CC(C)(N)C(O)C(C)O2)Oc2ccc(cc2Cl)[C@H]1O. The number of aliphatic hydroxyl groups is 5. The van der Waals surface area contributed by atoms with E-state index in [1.165, 1.54) is 33.0 Å². The van der Waals surface area contributed by atoms with Crippen LogP contribution in [0.3, 0.4) is 0 Å². The molecule has 9 unspecified atom stereocenters. The second kappa shape index (κ2) is 32.6. The minimum absolute atomic E-state index is 0.0628. The lowest BCUT2D eigenvalue weighted by Crippen LogP contribution is -2.64. The number of aliphatic hydroxyl groups excluding tert-OH is 5. The van der Waals surface area contributed by atoms with Crippen LogP contribution >= 0.6 is 35.0 Å². The molecule has 0 saturated carbocycles. The molecule has 0 radical (unpaired) electrons. The summed E-state index contributed by atoms with van der Waals surface area (Å²) in [6.45, 7) is 6.62. The Kier molecular flexibility index (Phi) is 23.9. The molecule has 36 nitrogen and oxygen atoms in total. The van der Waals surface area contributed by atoms with E-state index in [2.05, 4.69) is 47.2 Å². The Labute approximate surface area is 632 Å². The topological polar surface area (TPSA) is 582 Å². The third-order valence-electron chi connectivity index (χ3n) is 18.7. The number of ether oxygens (including phenoxy) is 6. The van der Waals surface area contributed by atoms with Crippen molar-refractivity contribution >= 4 is 88.1 Å². The average Bonchev–Trinajstić information content (AvgIpc) is 0.767. The first-order valence-corrected chi connectivity index (χ1v) is 35.6. The molecule has 109 heavy (non-hydrogen) atoms. The minimum Gasteiger partial charge on any atom is -0.508 e. The molecular weight excluding hydrogens is 1500 g/mol. The number of amides is 7. The summed E-state index contributed by atoms with van der Waals surface area (Å²) >= 11 is 15.1. The van der Waals surface area contributed by atoms with Gasteiger partial charge in [0.25, 0.3) is 5.56 Å². The highest BCUT2D eigenvalue weighted by molar-refractivity contribution is 7.99.